The first-order chi connectivity index (χ1) is 10.2. The molecule has 0 saturated carbocycles. The van der Waals surface area contributed by atoms with Crippen molar-refractivity contribution in [1.82, 2.24) is 24.7 Å². The first kappa shape index (κ1) is 15.2. The van der Waals surface area contributed by atoms with Gasteiger partial charge >= 0.3 is 6.03 Å². The van der Waals surface area contributed by atoms with Gasteiger partial charge in [0.15, 0.2) is 0 Å². The second kappa shape index (κ2) is 7.01. The second-order valence-electron chi connectivity index (χ2n) is 4.82. The van der Waals surface area contributed by atoms with Crippen LogP contribution in [0.1, 0.15) is 24.3 Å². The van der Waals surface area contributed by atoms with Gasteiger partial charge in [-0.3, -0.25) is 9.78 Å². The van der Waals surface area contributed by atoms with Gasteiger partial charge in [-0.2, -0.15) is 0 Å². The maximum atomic E-state index is 12.2. The average molecular weight is 291 g/mol. The maximum absolute atomic E-state index is 12.2. The minimum atomic E-state index is -0.127. The van der Waals surface area contributed by atoms with Crippen molar-refractivity contribution in [3.05, 3.63) is 24.3 Å². The highest BCUT2D eigenvalue weighted by atomic mass is 16.2. The van der Waals surface area contributed by atoms with Crippen molar-refractivity contribution in [1.29, 1.82) is 0 Å². The van der Waals surface area contributed by atoms with Crippen LogP contribution in [0.2, 0.25) is 0 Å². The van der Waals surface area contributed by atoms with Gasteiger partial charge in [0.05, 0.1) is 6.20 Å². The molecule has 1 aliphatic heterocycles. The molecule has 0 spiro atoms. The zero-order valence-electron chi connectivity index (χ0n) is 12.5. The first-order valence-electron chi connectivity index (χ1n) is 7.26. The van der Waals surface area contributed by atoms with Crippen molar-refractivity contribution < 1.29 is 9.59 Å². The Hall–Kier alpha value is -2.18. The Kier molecular flexibility index (Phi) is 5.08. The molecule has 21 heavy (non-hydrogen) atoms. The first-order valence-corrected chi connectivity index (χ1v) is 7.26. The molecular weight excluding hydrogens is 270 g/mol. The van der Waals surface area contributed by atoms with E-state index < -0.39 is 0 Å². The summed E-state index contributed by atoms with van der Waals surface area (Å²) in [5, 5.41) is 0. The summed E-state index contributed by atoms with van der Waals surface area (Å²) in [5.41, 5.74) is 0.348. The maximum Gasteiger partial charge on any atom is 0.320 e. The van der Waals surface area contributed by atoms with Gasteiger partial charge in [0.25, 0.3) is 5.91 Å². The third-order valence-electron chi connectivity index (χ3n) is 3.65. The molecule has 7 heteroatoms. The lowest BCUT2D eigenvalue weighted by Gasteiger charge is -2.37. The van der Waals surface area contributed by atoms with Crippen LogP contribution in [0.5, 0.6) is 0 Å². The van der Waals surface area contributed by atoms with Crippen molar-refractivity contribution in [2.45, 2.75) is 13.8 Å². The molecule has 7 nitrogen and oxygen atoms in total. The number of urea groups is 1. The SMILES string of the molecule is CCN(CC)C(=O)N1CCN(C(=O)c2cnccn2)CC1. The van der Waals surface area contributed by atoms with Crippen LogP contribution in [0.15, 0.2) is 18.6 Å². The second-order valence-corrected chi connectivity index (χ2v) is 4.82. The van der Waals surface area contributed by atoms with Crippen LogP contribution < -0.4 is 0 Å². The average Bonchev–Trinajstić information content (AvgIpc) is 2.56. The third-order valence-corrected chi connectivity index (χ3v) is 3.65. The van der Waals surface area contributed by atoms with Crippen LogP contribution in [-0.2, 0) is 0 Å². The fourth-order valence-corrected chi connectivity index (χ4v) is 2.37. The van der Waals surface area contributed by atoms with E-state index in [1.165, 1.54) is 18.6 Å². The number of nitrogens with zero attached hydrogens (tertiary/aromatic N) is 5. The van der Waals surface area contributed by atoms with Crippen molar-refractivity contribution >= 4 is 11.9 Å². The van der Waals surface area contributed by atoms with Crippen molar-refractivity contribution in [2.75, 3.05) is 39.3 Å². The number of hydrogen-bond acceptors (Lipinski definition) is 4. The summed E-state index contributed by atoms with van der Waals surface area (Å²) in [6.07, 6.45) is 4.51. The van der Waals surface area contributed by atoms with Gasteiger partial charge in [0.1, 0.15) is 5.69 Å². The molecule has 1 saturated heterocycles. The number of carbonyl (C=O) groups excluding carboxylic acids is 2. The summed E-state index contributed by atoms with van der Waals surface area (Å²) in [7, 11) is 0. The zero-order chi connectivity index (χ0) is 15.2. The van der Waals surface area contributed by atoms with E-state index in [9.17, 15) is 9.59 Å². The molecule has 0 aromatic carbocycles. The Labute approximate surface area is 124 Å². The highest BCUT2D eigenvalue weighted by molar-refractivity contribution is 5.92. The van der Waals surface area contributed by atoms with Gasteiger partial charge < -0.3 is 14.7 Å². The van der Waals surface area contributed by atoms with Crippen LogP contribution in [-0.4, -0.2) is 75.9 Å². The van der Waals surface area contributed by atoms with E-state index in [0.717, 1.165) is 0 Å². The molecule has 2 rings (SSSR count). The number of rotatable bonds is 3. The van der Waals surface area contributed by atoms with Crippen LogP contribution in [0, 0.1) is 0 Å². The molecule has 0 radical (unpaired) electrons. The van der Waals surface area contributed by atoms with E-state index in [2.05, 4.69) is 9.97 Å². The van der Waals surface area contributed by atoms with Crippen LogP contribution in [0.3, 0.4) is 0 Å². The molecule has 1 fully saturated rings. The summed E-state index contributed by atoms with van der Waals surface area (Å²) in [6.45, 7) is 7.51. The fourth-order valence-electron chi connectivity index (χ4n) is 2.37. The molecule has 114 valence electrons. The molecule has 1 aromatic rings. The molecule has 1 aromatic heterocycles. The van der Waals surface area contributed by atoms with Gasteiger partial charge in [-0.15, -0.1) is 0 Å². The Bertz CT molecular complexity index is 481. The predicted octanol–water partition coefficient (Wildman–Crippen LogP) is 0.696. The quantitative estimate of drug-likeness (QED) is 0.822. The van der Waals surface area contributed by atoms with Gasteiger partial charge in [0, 0.05) is 51.7 Å². The Morgan fingerprint density at radius 1 is 1.10 bits per heavy atom. The summed E-state index contributed by atoms with van der Waals surface area (Å²) in [4.78, 5) is 37.7. The normalized spacial score (nSPS) is 15.0. The van der Waals surface area contributed by atoms with E-state index in [0.29, 0.717) is 45.0 Å². The number of hydrogen-bond donors (Lipinski definition) is 0. The fraction of sp³-hybridized carbons (Fsp3) is 0.571. The lowest BCUT2D eigenvalue weighted by Crippen LogP contribution is -2.54. The van der Waals surface area contributed by atoms with E-state index in [1.54, 1.807) is 14.7 Å². The smallest absolute Gasteiger partial charge is 0.320 e. The lowest BCUT2D eigenvalue weighted by atomic mass is 10.3. The predicted molar refractivity (Wildman–Crippen MR) is 77.8 cm³/mol. The molecule has 1 aliphatic rings. The Morgan fingerprint density at radius 3 is 2.24 bits per heavy atom. The van der Waals surface area contributed by atoms with Crippen LogP contribution in [0.4, 0.5) is 4.79 Å². The minimum absolute atomic E-state index is 0.0478. The highest BCUT2D eigenvalue weighted by Crippen LogP contribution is 2.08. The van der Waals surface area contributed by atoms with Gasteiger partial charge in [-0.05, 0) is 13.8 Å². The lowest BCUT2D eigenvalue weighted by molar-refractivity contribution is 0.0635. The molecule has 0 bridgehead atoms. The van der Waals surface area contributed by atoms with Crippen LogP contribution >= 0.6 is 0 Å². The van der Waals surface area contributed by atoms with E-state index in [-0.39, 0.29) is 11.9 Å². The summed E-state index contributed by atoms with van der Waals surface area (Å²) >= 11 is 0. The molecular formula is C14H21N5O2. The molecule has 0 unspecified atom stereocenters. The number of amides is 3. The van der Waals surface area contributed by atoms with E-state index >= 15 is 0 Å². The van der Waals surface area contributed by atoms with E-state index in [1.807, 2.05) is 13.8 Å². The summed E-state index contributed by atoms with van der Waals surface area (Å²) < 4.78 is 0. The molecule has 0 atom stereocenters. The summed E-state index contributed by atoms with van der Waals surface area (Å²) in [5.74, 6) is -0.127. The zero-order valence-corrected chi connectivity index (χ0v) is 12.5. The van der Waals surface area contributed by atoms with Gasteiger partial charge in [-0.1, -0.05) is 0 Å². The minimum Gasteiger partial charge on any atom is -0.334 e. The third kappa shape index (κ3) is 3.48. The van der Waals surface area contributed by atoms with E-state index in [4.69, 9.17) is 0 Å². The van der Waals surface area contributed by atoms with Crippen molar-refractivity contribution in [2.24, 2.45) is 0 Å². The summed E-state index contributed by atoms with van der Waals surface area (Å²) in [6, 6.07) is 0.0478. The van der Waals surface area contributed by atoms with Crippen molar-refractivity contribution in [3.8, 4) is 0 Å². The topological polar surface area (TPSA) is 69.6 Å². The molecule has 0 aliphatic carbocycles. The molecule has 2 heterocycles. The highest BCUT2D eigenvalue weighted by Gasteiger charge is 2.27. The molecule has 0 N–H and O–H groups in total. The largest absolute Gasteiger partial charge is 0.334 e. The van der Waals surface area contributed by atoms with Crippen LogP contribution in [0.25, 0.3) is 0 Å². The van der Waals surface area contributed by atoms with Crippen molar-refractivity contribution in [3.63, 3.8) is 0 Å². The standard InChI is InChI=1S/C14H21N5O2/c1-3-17(4-2)14(21)19-9-7-18(8-10-19)13(20)12-11-15-5-6-16-12/h5-6,11H,3-4,7-10H2,1-2H3. The number of piperazine rings is 1. The Balaban J connectivity index is 1.91. The number of aromatic nitrogens is 2. The Morgan fingerprint density at radius 2 is 1.71 bits per heavy atom. The number of carbonyl (C=O) groups is 2. The monoisotopic (exact) mass is 291 g/mol. The van der Waals surface area contributed by atoms with Gasteiger partial charge in [-0.25, -0.2) is 9.78 Å². The van der Waals surface area contributed by atoms with Gasteiger partial charge in [0.2, 0.25) is 0 Å². The molecule has 3 amide bonds.